The standard InChI is InChI=1S/C21H19NO5S2/c23-22(24)16-11-9-15(10-12-16)13-27-18-7-4-8-20-21(18)19(14-29(20,25)26)28-17-5-2-1-3-6-17/h1-12,19,25-26H,13-14H2/p-1. The Morgan fingerprint density at radius 2 is 1.79 bits per heavy atom. The molecule has 0 radical (unpaired) electrons. The summed E-state index contributed by atoms with van der Waals surface area (Å²) >= 11 is 1.54. The van der Waals surface area contributed by atoms with Crippen LogP contribution in [0.15, 0.2) is 82.6 Å². The predicted octanol–water partition coefficient (Wildman–Crippen LogP) is 5.79. The quantitative estimate of drug-likeness (QED) is 0.394. The summed E-state index contributed by atoms with van der Waals surface area (Å²) in [7, 11) is -3.12. The zero-order valence-electron chi connectivity index (χ0n) is 15.3. The Balaban J connectivity index is 1.58. The molecular formula is C21H18NO5S2-. The van der Waals surface area contributed by atoms with E-state index in [1.54, 1.807) is 42.1 Å². The van der Waals surface area contributed by atoms with Gasteiger partial charge in [0.05, 0.1) is 10.2 Å². The molecule has 6 nitrogen and oxygen atoms in total. The summed E-state index contributed by atoms with van der Waals surface area (Å²) in [6.45, 7) is 0.212. The van der Waals surface area contributed by atoms with Crippen molar-refractivity contribution in [2.75, 3.05) is 5.75 Å². The van der Waals surface area contributed by atoms with Gasteiger partial charge in [0.1, 0.15) is 12.4 Å². The molecule has 8 heteroatoms. The van der Waals surface area contributed by atoms with E-state index >= 15 is 0 Å². The first-order valence-corrected chi connectivity index (χ1v) is 11.5. The third-order valence-corrected chi connectivity index (χ3v) is 7.90. The summed E-state index contributed by atoms with van der Waals surface area (Å²) in [6.07, 6.45) is 0. The van der Waals surface area contributed by atoms with Crippen LogP contribution in [0.3, 0.4) is 0 Å². The van der Waals surface area contributed by atoms with Crippen LogP contribution in [0.25, 0.3) is 0 Å². The van der Waals surface area contributed by atoms with E-state index in [1.807, 2.05) is 30.3 Å². The predicted molar refractivity (Wildman–Crippen MR) is 113 cm³/mol. The summed E-state index contributed by atoms with van der Waals surface area (Å²) in [6, 6.07) is 21.1. The van der Waals surface area contributed by atoms with Crippen LogP contribution in [0, 0.1) is 10.1 Å². The molecule has 1 aliphatic heterocycles. The van der Waals surface area contributed by atoms with Crippen molar-refractivity contribution >= 4 is 28.0 Å². The highest BCUT2D eigenvalue weighted by atomic mass is 32.3. The number of nitro groups is 1. The van der Waals surface area contributed by atoms with E-state index in [9.17, 15) is 19.2 Å². The van der Waals surface area contributed by atoms with E-state index < -0.39 is 15.5 Å². The lowest BCUT2D eigenvalue weighted by molar-refractivity contribution is -0.384. The zero-order valence-corrected chi connectivity index (χ0v) is 16.9. The van der Waals surface area contributed by atoms with Gasteiger partial charge in [0, 0.05) is 33.2 Å². The molecular weight excluding hydrogens is 410 g/mol. The minimum atomic E-state index is -3.12. The lowest BCUT2D eigenvalue weighted by atomic mass is 10.1. The van der Waals surface area contributed by atoms with Crippen molar-refractivity contribution in [2.45, 2.75) is 21.6 Å². The normalized spacial score (nSPS) is 22.5. The Kier molecular flexibility index (Phi) is 5.51. The van der Waals surface area contributed by atoms with E-state index in [0.717, 1.165) is 16.0 Å². The van der Waals surface area contributed by atoms with Gasteiger partial charge in [0.25, 0.3) is 5.69 Å². The van der Waals surface area contributed by atoms with Gasteiger partial charge in [0.15, 0.2) is 0 Å². The zero-order chi connectivity index (χ0) is 20.4. The van der Waals surface area contributed by atoms with Crippen LogP contribution >= 0.6 is 22.4 Å². The average molecular weight is 429 g/mol. The van der Waals surface area contributed by atoms with Crippen molar-refractivity contribution in [2.24, 2.45) is 0 Å². The topological polar surface area (TPSA) is 95.7 Å². The minimum Gasteiger partial charge on any atom is -0.764 e. The maximum Gasteiger partial charge on any atom is 0.269 e. The third-order valence-electron chi connectivity index (χ3n) is 4.63. The SMILES string of the molecule is O=[N+]([O-])c1ccc(COc2cccc3c2C(Sc2ccccc2)CS3([O-])O)cc1. The van der Waals surface area contributed by atoms with E-state index in [-0.39, 0.29) is 23.3 Å². The number of benzene rings is 3. The molecule has 1 N–H and O–H groups in total. The number of hydrogen-bond donors (Lipinski definition) is 1. The monoisotopic (exact) mass is 428 g/mol. The second-order valence-corrected chi connectivity index (χ2v) is 9.94. The van der Waals surface area contributed by atoms with E-state index in [1.165, 1.54) is 12.1 Å². The first-order chi connectivity index (χ1) is 13.9. The molecule has 0 amide bonds. The molecule has 0 saturated heterocycles. The Labute approximate surface area is 174 Å². The number of rotatable bonds is 6. The Morgan fingerprint density at radius 3 is 2.48 bits per heavy atom. The van der Waals surface area contributed by atoms with E-state index in [2.05, 4.69) is 0 Å². The largest absolute Gasteiger partial charge is 0.764 e. The van der Waals surface area contributed by atoms with Gasteiger partial charge >= 0.3 is 0 Å². The summed E-state index contributed by atoms with van der Waals surface area (Å²) in [5.41, 5.74) is 1.55. The summed E-state index contributed by atoms with van der Waals surface area (Å²) < 4.78 is 29.2. The molecule has 0 bridgehead atoms. The molecule has 1 aliphatic rings. The van der Waals surface area contributed by atoms with Crippen LogP contribution in [0.4, 0.5) is 5.69 Å². The second kappa shape index (κ2) is 8.08. The van der Waals surface area contributed by atoms with Gasteiger partial charge in [-0.1, -0.05) is 24.3 Å². The van der Waals surface area contributed by atoms with Gasteiger partial charge in [-0.3, -0.25) is 10.1 Å². The molecule has 29 heavy (non-hydrogen) atoms. The van der Waals surface area contributed by atoms with Crippen LogP contribution in [0.1, 0.15) is 16.4 Å². The maximum absolute atomic E-state index is 12.8. The molecule has 150 valence electrons. The van der Waals surface area contributed by atoms with Crippen molar-refractivity contribution in [1.82, 2.24) is 0 Å². The highest BCUT2D eigenvalue weighted by molar-refractivity contribution is 8.25. The molecule has 3 aromatic carbocycles. The van der Waals surface area contributed by atoms with Crippen molar-refractivity contribution in [1.29, 1.82) is 0 Å². The lowest BCUT2D eigenvalue weighted by Gasteiger charge is -2.42. The van der Waals surface area contributed by atoms with Crippen molar-refractivity contribution in [3.63, 3.8) is 0 Å². The third kappa shape index (κ3) is 4.25. The fourth-order valence-corrected chi connectivity index (χ4v) is 6.79. The van der Waals surface area contributed by atoms with Gasteiger partial charge < -0.3 is 24.4 Å². The Bertz CT molecular complexity index is 1030. The number of ether oxygens (including phenoxy) is 1. The van der Waals surface area contributed by atoms with Gasteiger partial charge in [-0.25, -0.2) is 0 Å². The molecule has 0 spiro atoms. The second-order valence-electron chi connectivity index (χ2n) is 6.61. The van der Waals surface area contributed by atoms with Crippen molar-refractivity contribution in [3.05, 3.63) is 94.0 Å². The van der Waals surface area contributed by atoms with Crippen LogP contribution in [0.5, 0.6) is 5.75 Å². The van der Waals surface area contributed by atoms with Gasteiger partial charge in [-0.15, -0.1) is 11.8 Å². The molecule has 0 aromatic heterocycles. The number of thioether (sulfide) groups is 1. The highest BCUT2D eigenvalue weighted by Crippen LogP contribution is 2.64. The van der Waals surface area contributed by atoms with Crippen molar-refractivity contribution in [3.8, 4) is 5.75 Å². The number of nitro benzene ring substituents is 1. The lowest BCUT2D eigenvalue weighted by Crippen LogP contribution is -2.01. The fourth-order valence-electron chi connectivity index (χ4n) is 3.25. The maximum atomic E-state index is 12.8. The number of nitrogens with zero attached hydrogens (tertiary/aromatic N) is 1. The molecule has 2 atom stereocenters. The van der Waals surface area contributed by atoms with Crippen LogP contribution < -0.4 is 4.74 Å². The fraction of sp³-hybridized carbons (Fsp3) is 0.143. The first-order valence-electron chi connectivity index (χ1n) is 8.89. The molecule has 0 aliphatic carbocycles. The van der Waals surface area contributed by atoms with Crippen LogP contribution in [-0.4, -0.2) is 19.8 Å². The minimum absolute atomic E-state index is 0.0219. The summed E-state index contributed by atoms with van der Waals surface area (Å²) in [5.74, 6) is 0.702. The smallest absolute Gasteiger partial charge is 0.269 e. The highest BCUT2D eigenvalue weighted by Gasteiger charge is 2.33. The van der Waals surface area contributed by atoms with E-state index in [0.29, 0.717) is 10.6 Å². The van der Waals surface area contributed by atoms with Crippen LogP contribution in [0.2, 0.25) is 0 Å². The summed E-state index contributed by atoms with van der Waals surface area (Å²) in [5, 5.41) is 10.6. The van der Waals surface area contributed by atoms with Gasteiger partial charge in [-0.2, -0.15) is 0 Å². The first kappa shape index (κ1) is 19.8. The molecule has 3 aromatic rings. The molecule has 0 saturated carbocycles. The molecule has 0 fully saturated rings. The Morgan fingerprint density at radius 1 is 1.07 bits per heavy atom. The number of non-ortho nitro benzene ring substituents is 1. The van der Waals surface area contributed by atoms with Crippen LogP contribution in [-0.2, 0) is 6.61 Å². The molecule has 4 rings (SSSR count). The number of fused-ring (bicyclic) bond motifs is 1. The molecule has 1 heterocycles. The van der Waals surface area contributed by atoms with Gasteiger partial charge in [0.2, 0.25) is 0 Å². The summed E-state index contributed by atoms with van der Waals surface area (Å²) in [4.78, 5) is 11.8. The van der Waals surface area contributed by atoms with Crippen molar-refractivity contribution < 1.29 is 18.8 Å². The van der Waals surface area contributed by atoms with Gasteiger partial charge in [-0.05, 0) is 42.0 Å². The number of hydrogen-bond acceptors (Lipinski definition) is 6. The average Bonchev–Trinajstić information content (AvgIpc) is 2.98. The Hall–Kier alpha value is -2.52. The van der Waals surface area contributed by atoms with E-state index in [4.69, 9.17) is 4.74 Å². The molecule has 2 unspecified atom stereocenters.